The number of nitrogens with zero attached hydrogens (tertiary/aromatic N) is 1. The Balaban J connectivity index is 2.04. The Labute approximate surface area is 116 Å². The second-order valence-corrected chi connectivity index (χ2v) is 5.37. The number of rotatable bonds is 4. The highest BCUT2D eigenvalue weighted by Crippen LogP contribution is 2.25. The van der Waals surface area contributed by atoms with E-state index in [-0.39, 0.29) is 12.2 Å². The number of likely N-dealkylation sites (tertiary alicyclic amines) is 1. The topological polar surface area (TPSA) is 41.9 Å². The van der Waals surface area contributed by atoms with Gasteiger partial charge in [-0.3, -0.25) is 4.90 Å². The quantitative estimate of drug-likeness (QED) is 0.923. The van der Waals surface area contributed by atoms with Crippen molar-refractivity contribution in [2.75, 3.05) is 27.3 Å². The molecular weight excluding hydrogens is 298 g/mol. The number of halogens is 1. The van der Waals surface area contributed by atoms with Crippen LogP contribution in [-0.4, -0.2) is 49.5 Å². The molecule has 1 fully saturated rings. The van der Waals surface area contributed by atoms with Gasteiger partial charge in [0.25, 0.3) is 0 Å². The van der Waals surface area contributed by atoms with E-state index < -0.39 is 0 Å². The number of hydrogen-bond donors (Lipinski definition) is 1. The van der Waals surface area contributed by atoms with Gasteiger partial charge in [-0.2, -0.15) is 0 Å². The molecule has 1 aliphatic rings. The molecule has 1 saturated heterocycles. The molecule has 2 rings (SSSR count). The molecule has 1 aromatic rings. The minimum Gasteiger partial charge on any atom is -0.508 e. The SMILES string of the molecule is COC1CN(Cc2cc(O)ccc2Br)CC1OC. The lowest BCUT2D eigenvalue weighted by Gasteiger charge is -2.16. The summed E-state index contributed by atoms with van der Waals surface area (Å²) < 4.78 is 11.8. The van der Waals surface area contributed by atoms with Crippen molar-refractivity contribution in [3.05, 3.63) is 28.2 Å². The summed E-state index contributed by atoms with van der Waals surface area (Å²) in [6.45, 7) is 2.46. The van der Waals surface area contributed by atoms with Crippen LogP contribution in [0.2, 0.25) is 0 Å². The van der Waals surface area contributed by atoms with Crippen LogP contribution in [0.1, 0.15) is 5.56 Å². The number of phenolic OH excluding ortho intramolecular Hbond substituents is 1. The summed E-state index contributed by atoms with van der Waals surface area (Å²) in [5.41, 5.74) is 1.07. The number of methoxy groups -OCH3 is 2. The molecule has 0 saturated carbocycles. The van der Waals surface area contributed by atoms with Crippen LogP contribution in [0.4, 0.5) is 0 Å². The van der Waals surface area contributed by atoms with E-state index in [4.69, 9.17) is 9.47 Å². The summed E-state index contributed by atoms with van der Waals surface area (Å²) in [5.74, 6) is 0.291. The van der Waals surface area contributed by atoms with E-state index in [1.165, 1.54) is 0 Å². The lowest BCUT2D eigenvalue weighted by molar-refractivity contribution is -0.00461. The van der Waals surface area contributed by atoms with E-state index >= 15 is 0 Å². The highest BCUT2D eigenvalue weighted by Gasteiger charge is 2.32. The Bertz CT molecular complexity index is 401. The third-order valence-electron chi connectivity index (χ3n) is 3.32. The molecule has 0 spiro atoms. The second kappa shape index (κ2) is 6.02. The van der Waals surface area contributed by atoms with Crippen LogP contribution in [0.25, 0.3) is 0 Å². The minimum absolute atomic E-state index is 0.117. The van der Waals surface area contributed by atoms with Crippen LogP contribution in [0.15, 0.2) is 22.7 Å². The van der Waals surface area contributed by atoms with Gasteiger partial charge in [0.1, 0.15) is 5.75 Å². The van der Waals surface area contributed by atoms with Crippen LogP contribution in [-0.2, 0) is 16.0 Å². The zero-order valence-corrected chi connectivity index (χ0v) is 12.2. The molecule has 0 bridgehead atoms. The molecule has 0 aliphatic carbocycles. The summed E-state index contributed by atoms with van der Waals surface area (Å²) >= 11 is 3.50. The maximum atomic E-state index is 9.52. The first-order chi connectivity index (χ1) is 8.63. The number of phenols is 1. The molecule has 2 unspecified atom stereocenters. The Morgan fingerprint density at radius 3 is 2.44 bits per heavy atom. The molecule has 5 heteroatoms. The summed E-state index contributed by atoms with van der Waals surface area (Å²) in [4.78, 5) is 2.27. The van der Waals surface area contributed by atoms with Gasteiger partial charge >= 0.3 is 0 Å². The van der Waals surface area contributed by atoms with Crippen molar-refractivity contribution >= 4 is 15.9 Å². The van der Waals surface area contributed by atoms with E-state index in [9.17, 15) is 5.11 Å². The van der Waals surface area contributed by atoms with Crippen molar-refractivity contribution in [3.63, 3.8) is 0 Å². The van der Waals surface area contributed by atoms with Crippen LogP contribution < -0.4 is 0 Å². The van der Waals surface area contributed by atoms with E-state index in [1.54, 1.807) is 26.4 Å². The van der Waals surface area contributed by atoms with Crippen molar-refractivity contribution in [3.8, 4) is 5.75 Å². The van der Waals surface area contributed by atoms with Crippen molar-refractivity contribution < 1.29 is 14.6 Å². The first-order valence-corrected chi connectivity index (χ1v) is 6.68. The maximum Gasteiger partial charge on any atom is 0.115 e. The average molecular weight is 316 g/mol. The summed E-state index contributed by atoms with van der Waals surface area (Å²) in [6, 6.07) is 5.32. The molecular formula is C13H18BrNO3. The van der Waals surface area contributed by atoms with Gasteiger partial charge in [0, 0.05) is 38.3 Å². The average Bonchev–Trinajstić information content (AvgIpc) is 2.76. The third kappa shape index (κ3) is 3.03. The summed E-state index contributed by atoms with van der Waals surface area (Å²) in [5, 5.41) is 9.52. The van der Waals surface area contributed by atoms with Gasteiger partial charge in [-0.25, -0.2) is 0 Å². The molecule has 0 aromatic heterocycles. The summed E-state index contributed by atoms with van der Waals surface area (Å²) in [7, 11) is 3.43. The Hall–Kier alpha value is -0.620. The standard InChI is InChI=1S/C13H18BrNO3/c1-17-12-7-15(8-13(12)18-2)6-9-5-10(16)3-4-11(9)14/h3-5,12-13,16H,6-8H2,1-2H3. The van der Waals surface area contributed by atoms with Gasteiger partial charge in [-0.05, 0) is 23.8 Å². The van der Waals surface area contributed by atoms with Crippen molar-refractivity contribution in [1.82, 2.24) is 4.90 Å². The fraction of sp³-hybridized carbons (Fsp3) is 0.538. The van der Waals surface area contributed by atoms with Crippen molar-refractivity contribution in [2.24, 2.45) is 0 Å². The molecule has 2 atom stereocenters. The van der Waals surface area contributed by atoms with E-state index in [1.807, 2.05) is 6.07 Å². The monoisotopic (exact) mass is 315 g/mol. The van der Waals surface area contributed by atoms with Crippen LogP contribution in [0.3, 0.4) is 0 Å². The van der Waals surface area contributed by atoms with Gasteiger partial charge in [0.15, 0.2) is 0 Å². The fourth-order valence-electron chi connectivity index (χ4n) is 2.32. The zero-order chi connectivity index (χ0) is 13.1. The highest BCUT2D eigenvalue weighted by molar-refractivity contribution is 9.10. The molecule has 100 valence electrons. The predicted molar refractivity (Wildman–Crippen MR) is 72.7 cm³/mol. The molecule has 18 heavy (non-hydrogen) atoms. The van der Waals surface area contributed by atoms with Gasteiger partial charge in [0.05, 0.1) is 12.2 Å². The molecule has 0 radical (unpaired) electrons. The van der Waals surface area contributed by atoms with Gasteiger partial charge in [-0.1, -0.05) is 15.9 Å². The van der Waals surface area contributed by atoms with Gasteiger partial charge < -0.3 is 14.6 Å². The van der Waals surface area contributed by atoms with Crippen molar-refractivity contribution in [2.45, 2.75) is 18.8 Å². The van der Waals surface area contributed by atoms with Crippen LogP contribution in [0, 0.1) is 0 Å². The van der Waals surface area contributed by atoms with Crippen LogP contribution >= 0.6 is 15.9 Å². The minimum atomic E-state index is 0.117. The number of hydrogen-bond acceptors (Lipinski definition) is 4. The molecule has 1 aliphatic heterocycles. The zero-order valence-electron chi connectivity index (χ0n) is 10.6. The van der Waals surface area contributed by atoms with Crippen LogP contribution in [0.5, 0.6) is 5.75 Å². The van der Waals surface area contributed by atoms with E-state index in [2.05, 4.69) is 20.8 Å². The number of ether oxygens (including phenoxy) is 2. The lowest BCUT2D eigenvalue weighted by Crippen LogP contribution is -2.27. The fourth-order valence-corrected chi connectivity index (χ4v) is 2.70. The largest absolute Gasteiger partial charge is 0.508 e. The molecule has 4 nitrogen and oxygen atoms in total. The molecule has 0 amide bonds. The Morgan fingerprint density at radius 1 is 1.28 bits per heavy atom. The van der Waals surface area contributed by atoms with Gasteiger partial charge in [0.2, 0.25) is 0 Å². The third-order valence-corrected chi connectivity index (χ3v) is 4.09. The molecule has 1 heterocycles. The maximum absolute atomic E-state index is 9.52. The van der Waals surface area contributed by atoms with E-state index in [0.717, 1.165) is 29.7 Å². The second-order valence-electron chi connectivity index (χ2n) is 4.52. The first-order valence-electron chi connectivity index (χ1n) is 5.89. The molecule has 1 N–H and O–H groups in total. The lowest BCUT2D eigenvalue weighted by atomic mass is 10.2. The highest BCUT2D eigenvalue weighted by atomic mass is 79.9. The molecule has 1 aromatic carbocycles. The predicted octanol–water partition coefficient (Wildman–Crippen LogP) is 2.00. The number of benzene rings is 1. The Kier molecular flexibility index (Phi) is 4.61. The Morgan fingerprint density at radius 2 is 1.89 bits per heavy atom. The number of aromatic hydroxyl groups is 1. The van der Waals surface area contributed by atoms with E-state index in [0.29, 0.717) is 5.75 Å². The summed E-state index contributed by atoms with van der Waals surface area (Å²) in [6.07, 6.45) is 0.233. The first kappa shape index (κ1) is 13.8. The smallest absolute Gasteiger partial charge is 0.115 e. The normalized spacial score (nSPS) is 24.6. The van der Waals surface area contributed by atoms with Gasteiger partial charge in [-0.15, -0.1) is 0 Å². The van der Waals surface area contributed by atoms with Crippen molar-refractivity contribution in [1.29, 1.82) is 0 Å².